The van der Waals surface area contributed by atoms with Crippen LogP contribution in [0.2, 0.25) is 0 Å². The standard InChI is InChI=1S/C17H22F2N6O/c1-23-8-12(7-21-23)9-24-10-14-2-3-20-25(14)15(11-24)4-16(26)22-13-5-17(18,19)6-13/h2-3,7-8,13,15H,4-6,9-11H2,1H3,(H,22,26). The fraction of sp³-hybridized carbons (Fsp3) is 0.588. The highest BCUT2D eigenvalue weighted by Crippen LogP contribution is 2.37. The molecule has 1 aliphatic carbocycles. The fourth-order valence-corrected chi connectivity index (χ4v) is 3.81. The maximum atomic E-state index is 12.9. The predicted molar refractivity (Wildman–Crippen MR) is 89.3 cm³/mol. The molecule has 0 aromatic carbocycles. The van der Waals surface area contributed by atoms with Gasteiger partial charge in [-0.15, -0.1) is 0 Å². The van der Waals surface area contributed by atoms with Gasteiger partial charge in [0.2, 0.25) is 5.91 Å². The Hall–Kier alpha value is -2.29. The third-order valence-corrected chi connectivity index (χ3v) is 4.99. The molecular formula is C17H22F2N6O. The van der Waals surface area contributed by atoms with Crippen molar-refractivity contribution in [2.45, 2.75) is 50.4 Å². The molecule has 0 bridgehead atoms. The summed E-state index contributed by atoms with van der Waals surface area (Å²) in [7, 11) is 1.88. The number of halogens is 2. The smallest absolute Gasteiger partial charge is 0.252 e. The van der Waals surface area contributed by atoms with Crippen LogP contribution in [0.5, 0.6) is 0 Å². The number of fused-ring (bicyclic) bond motifs is 1. The van der Waals surface area contributed by atoms with Gasteiger partial charge in [0.05, 0.1) is 24.4 Å². The zero-order chi connectivity index (χ0) is 18.3. The number of nitrogens with zero attached hydrogens (tertiary/aromatic N) is 5. The van der Waals surface area contributed by atoms with E-state index in [0.717, 1.165) is 24.3 Å². The summed E-state index contributed by atoms with van der Waals surface area (Å²) in [6.07, 6.45) is 5.27. The molecule has 0 spiro atoms. The number of aromatic nitrogens is 4. The molecule has 140 valence electrons. The third kappa shape index (κ3) is 3.62. The van der Waals surface area contributed by atoms with Crippen molar-refractivity contribution in [3.05, 3.63) is 35.9 Å². The number of aryl methyl sites for hydroxylation is 1. The van der Waals surface area contributed by atoms with Gasteiger partial charge in [-0.3, -0.25) is 19.1 Å². The van der Waals surface area contributed by atoms with E-state index in [0.29, 0.717) is 6.54 Å². The summed E-state index contributed by atoms with van der Waals surface area (Å²) in [5.41, 5.74) is 2.16. The van der Waals surface area contributed by atoms with Crippen LogP contribution in [0.4, 0.5) is 8.78 Å². The van der Waals surface area contributed by atoms with E-state index in [9.17, 15) is 13.6 Å². The van der Waals surface area contributed by atoms with E-state index in [1.807, 2.05) is 30.2 Å². The van der Waals surface area contributed by atoms with E-state index in [2.05, 4.69) is 20.4 Å². The normalized spacial score (nSPS) is 22.7. The molecule has 1 fully saturated rings. The van der Waals surface area contributed by atoms with Crippen molar-refractivity contribution in [2.75, 3.05) is 6.54 Å². The molecular weight excluding hydrogens is 342 g/mol. The highest BCUT2D eigenvalue weighted by atomic mass is 19.3. The topological polar surface area (TPSA) is 68.0 Å². The summed E-state index contributed by atoms with van der Waals surface area (Å²) in [5.74, 6) is -2.82. The number of alkyl halides is 2. The monoisotopic (exact) mass is 364 g/mol. The summed E-state index contributed by atoms with van der Waals surface area (Å²) in [6.45, 7) is 2.17. The number of hydrogen-bond acceptors (Lipinski definition) is 4. The molecule has 9 heteroatoms. The Bertz CT molecular complexity index is 793. The van der Waals surface area contributed by atoms with E-state index in [4.69, 9.17) is 0 Å². The van der Waals surface area contributed by atoms with Crippen molar-refractivity contribution in [3.8, 4) is 0 Å². The summed E-state index contributed by atoms with van der Waals surface area (Å²) >= 11 is 0. The molecule has 26 heavy (non-hydrogen) atoms. The second-order valence-electron chi connectivity index (χ2n) is 7.35. The van der Waals surface area contributed by atoms with Gasteiger partial charge >= 0.3 is 0 Å². The minimum Gasteiger partial charge on any atom is -0.353 e. The van der Waals surface area contributed by atoms with Crippen molar-refractivity contribution in [2.24, 2.45) is 7.05 Å². The Morgan fingerprint density at radius 2 is 2.19 bits per heavy atom. The van der Waals surface area contributed by atoms with Crippen LogP contribution in [-0.4, -0.2) is 48.9 Å². The number of carbonyl (C=O) groups excluding carboxylic acids is 1. The Balaban J connectivity index is 1.39. The van der Waals surface area contributed by atoms with Crippen LogP contribution in [0.15, 0.2) is 24.7 Å². The van der Waals surface area contributed by atoms with Crippen molar-refractivity contribution < 1.29 is 13.6 Å². The van der Waals surface area contributed by atoms with Crippen molar-refractivity contribution in [1.29, 1.82) is 0 Å². The molecule has 1 N–H and O–H groups in total. The van der Waals surface area contributed by atoms with Gasteiger partial charge in [-0.05, 0) is 6.07 Å². The van der Waals surface area contributed by atoms with Gasteiger partial charge in [0.15, 0.2) is 0 Å². The van der Waals surface area contributed by atoms with Gasteiger partial charge < -0.3 is 5.32 Å². The van der Waals surface area contributed by atoms with E-state index in [1.54, 1.807) is 10.9 Å². The van der Waals surface area contributed by atoms with Crippen molar-refractivity contribution >= 4 is 5.91 Å². The molecule has 2 aliphatic rings. The molecule has 0 radical (unpaired) electrons. The minimum atomic E-state index is -2.63. The molecule has 1 aliphatic heterocycles. The van der Waals surface area contributed by atoms with Gasteiger partial charge in [0, 0.05) is 63.5 Å². The molecule has 1 saturated carbocycles. The lowest BCUT2D eigenvalue weighted by molar-refractivity contribution is -0.130. The lowest BCUT2D eigenvalue weighted by Crippen LogP contribution is -2.51. The molecule has 1 atom stereocenters. The molecule has 1 unspecified atom stereocenters. The van der Waals surface area contributed by atoms with Gasteiger partial charge in [0.1, 0.15) is 0 Å². The molecule has 3 heterocycles. The number of hydrogen-bond donors (Lipinski definition) is 1. The number of rotatable bonds is 5. The van der Waals surface area contributed by atoms with Gasteiger partial charge in [-0.1, -0.05) is 0 Å². The maximum absolute atomic E-state index is 12.9. The van der Waals surface area contributed by atoms with Crippen LogP contribution in [-0.2, 0) is 24.9 Å². The Morgan fingerprint density at radius 3 is 2.88 bits per heavy atom. The molecule has 1 amide bonds. The fourth-order valence-electron chi connectivity index (χ4n) is 3.81. The zero-order valence-electron chi connectivity index (χ0n) is 14.6. The minimum absolute atomic E-state index is 0.106. The summed E-state index contributed by atoms with van der Waals surface area (Å²) in [6, 6.07) is 1.43. The quantitative estimate of drug-likeness (QED) is 0.873. The van der Waals surface area contributed by atoms with Crippen LogP contribution in [0.25, 0.3) is 0 Å². The first-order valence-corrected chi connectivity index (χ1v) is 8.77. The van der Waals surface area contributed by atoms with Gasteiger partial charge in [-0.2, -0.15) is 10.2 Å². The Morgan fingerprint density at radius 1 is 1.38 bits per heavy atom. The number of amides is 1. The highest BCUT2D eigenvalue weighted by molar-refractivity contribution is 5.77. The average molecular weight is 364 g/mol. The first kappa shape index (κ1) is 17.1. The molecule has 2 aromatic heterocycles. The molecule has 0 saturated heterocycles. The second-order valence-corrected chi connectivity index (χ2v) is 7.35. The van der Waals surface area contributed by atoms with E-state index >= 15 is 0 Å². The number of nitrogens with one attached hydrogen (secondary N) is 1. The first-order chi connectivity index (χ1) is 12.4. The summed E-state index contributed by atoms with van der Waals surface area (Å²) < 4.78 is 29.5. The van der Waals surface area contributed by atoms with Crippen molar-refractivity contribution in [1.82, 2.24) is 29.8 Å². The zero-order valence-corrected chi connectivity index (χ0v) is 14.6. The largest absolute Gasteiger partial charge is 0.353 e. The van der Waals surface area contributed by atoms with E-state index in [-0.39, 0.29) is 31.2 Å². The van der Waals surface area contributed by atoms with E-state index < -0.39 is 12.0 Å². The Kier molecular flexibility index (Phi) is 4.26. The molecule has 2 aromatic rings. The SMILES string of the molecule is Cn1cc(CN2Cc3ccnn3C(CC(=O)NC3CC(F)(F)C3)C2)cn1. The van der Waals surface area contributed by atoms with Crippen LogP contribution >= 0.6 is 0 Å². The number of carbonyl (C=O) groups is 1. The predicted octanol–water partition coefficient (Wildman–Crippen LogP) is 1.48. The van der Waals surface area contributed by atoms with Crippen molar-refractivity contribution in [3.63, 3.8) is 0 Å². The summed E-state index contributed by atoms with van der Waals surface area (Å²) in [4.78, 5) is 14.5. The van der Waals surface area contributed by atoms with Gasteiger partial charge in [0.25, 0.3) is 5.92 Å². The average Bonchev–Trinajstić information content (AvgIpc) is 3.14. The van der Waals surface area contributed by atoms with Gasteiger partial charge in [-0.25, -0.2) is 8.78 Å². The second kappa shape index (κ2) is 6.46. The van der Waals surface area contributed by atoms with Crippen LogP contribution in [0.1, 0.15) is 36.6 Å². The summed E-state index contributed by atoms with van der Waals surface area (Å²) in [5, 5.41) is 11.3. The lowest BCUT2D eigenvalue weighted by Gasteiger charge is -2.36. The molecule has 4 rings (SSSR count). The molecule has 7 nitrogen and oxygen atoms in total. The van der Waals surface area contributed by atoms with E-state index in [1.165, 1.54) is 0 Å². The van der Waals surface area contributed by atoms with Crippen LogP contribution in [0, 0.1) is 0 Å². The third-order valence-electron chi connectivity index (χ3n) is 4.99. The van der Waals surface area contributed by atoms with Crippen LogP contribution in [0.3, 0.4) is 0 Å². The van der Waals surface area contributed by atoms with Crippen LogP contribution < -0.4 is 5.32 Å². The first-order valence-electron chi connectivity index (χ1n) is 8.77. The maximum Gasteiger partial charge on any atom is 0.252 e. The lowest BCUT2D eigenvalue weighted by atomic mass is 9.88. The Labute approximate surface area is 150 Å². The highest BCUT2D eigenvalue weighted by Gasteiger charge is 2.46.